The molecular weight excluding hydrogens is 419 g/mol. The SMILES string of the molecule is COCP(=O)(N[C@@H](C)C(=O)OC(C)C)Oc1ccc2cccc(CCNC(C)=O)c2c1. The van der Waals surface area contributed by atoms with Gasteiger partial charge in [0.1, 0.15) is 18.1 Å². The summed E-state index contributed by atoms with van der Waals surface area (Å²) in [5.41, 5.74) is 1.03. The maximum absolute atomic E-state index is 13.3. The Labute approximate surface area is 183 Å². The van der Waals surface area contributed by atoms with Crippen LogP contribution >= 0.6 is 7.52 Å². The minimum Gasteiger partial charge on any atom is -0.462 e. The van der Waals surface area contributed by atoms with Crippen LogP contribution in [0.4, 0.5) is 0 Å². The molecule has 2 N–H and O–H groups in total. The first-order valence-electron chi connectivity index (χ1n) is 10.2. The Morgan fingerprint density at radius 1 is 1.13 bits per heavy atom. The molecule has 0 saturated carbocycles. The van der Waals surface area contributed by atoms with E-state index in [9.17, 15) is 14.2 Å². The Bertz CT molecular complexity index is 962. The monoisotopic (exact) mass is 450 g/mol. The van der Waals surface area contributed by atoms with Gasteiger partial charge in [0.2, 0.25) is 5.91 Å². The standard InChI is InChI=1S/C22H31N2O6P/c1-15(2)29-22(26)16(3)24-31(27,14-28-5)30-20-10-9-18-7-6-8-19(21(18)13-20)11-12-23-17(4)25/h6-10,13,15-16H,11-12,14H2,1-5H3,(H,23,25)(H,24,27)/t16-,31?/m0/s1. The van der Waals surface area contributed by atoms with Gasteiger partial charge in [0, 0.05) is 20.6 Å². The smallest absolute Gasteiger partial charge is 0.342 e. The quantitative estimate of drug-likeness (QED) is 0.398. The van der Waals surface area contributed by atoms with Gasteiger partial charge >= 0.3 is 13.5 Å². The van der Waals surface area contributed by atoms with Gasteiger partial charge in [0.25, 0.3) is 0 Å². The first-order valence-corrected chi connectivity index (χ1v) is 12.0. The fourth-order valence-electron chi connectivity index (χ4n) is 3.08. The van der Waals surface area contributed by atoms with Crippen molar-refractivity contribution >= 4 is 30.2 Å². The molecule has 2 aromatic carbocycles. The molecule has 0 spiro atoms. The first kappa shape index (κ1) is 24.9. The molecule has 2 rings (SSSR count). The topological polar surface area (TPSA) is 103 Å². The van der Waals surface area contributed by atoms with Gasteiger partial charge in [-0.15, -0.1) is 0 Å². The lowest BCUT2D eigenvalue weighted by Crippen LogP contribution is -2.36. The number of hydrogen-bond donors (Lipinski definition) is 2. The van der Waals surface area contributed by atoms with E-state index in [-0.39, 0.29) is 18.4 Å². The summed E-state index contributed by atoms with van der Waals surface area (Å²) in [6.45, 7) is 7.05. The zero-order valence-electron chi connectivity index (χ0n) is 18.6. The number of benzene rings is 2. The molecule has 0 saturated heterocycles. The molecule has 1 amide bonds. The highest BCUT2D eigenvalue weighted by atomic mass is 31.2. The normalized spacial score (nSPS) is 14.1. The molecule has 0 fully saturated rings. The average Bonchev–Trinajstić information content (AvgIpc) is 2.67. The predicted octanol–water partition coefficient (Wildman–Crippen LogP) is 3.62. The number of ether oxygens (including phenoxy) is 2. The van der Waals surface area contributed by atoms with Crippen molar-refractivity contribution in [3.05, 3.63) is 42.0 Å². The maximum Gasteiger partial charge on any atom is 0.342 e. The Morgan fingerprint density at radius 3 is 2.52 bits per heavy atom. The van der Waals surface area contributed by atoms with Crippen molar-refractivity contribution in [1.29, 1.82) is 0 Å². The summed E-state index contributed by atoms with van der Waals surface area (Å²) < 4.78 is 29.4. The van der Waals surface area contributed by atoms with E-state index < -0.39 is 19.5 Å². The zero-order chi connectivity index (χ0) is 23.0. The van der Waals surface area contributed by atoms with Crippen LogP contribution in [-0.2, 0) is 30.0 Å². The van der Waals surface area contributed by atoms with E-state index in [1.54, 1.807) is 32.9 Å². The van der Waals surface area contributed by atoms with Crippen LogP contribution < -0.4 is 14.9 Å². The Balaban J connectivity index is 2.24. The maximum atomic E-state index is 13.3. The lowest BCUT2D eigenvalue weighted by atomic mass is 10.0. The number of carbonyl (C=O) groups is 2. The second kappa shape index (κ2) is 11.3. The lowest BCUT2D eigenvalue weighted by Gasteiger charge is -2.23. The number of amides is 1. The van der Waals surface area contributed by atoms with Crippen LogP contribution in [-0.4, -0.2) is 44.0 Å². The van der Waals surface area contributed by atoms with Crippen LogP contribution in [0.25, 0.3) is 10.8 Å². The van der Waals surface area contributed by atoms with Gasteiger partial charge in [-0.1, -0.05) is 24.3 Å². The summed E-state index contributed by atoms with van der Waals surface area (Å²) >= 11 is 0. The van der Waals surface area contributed by atoms with Crippen molar-refractivity contribution in [3.63, 3.8) is 0 Å². The van der Waals surface area contributed by atoms with Gasteiger partial charge in [0.15, 0.2) is 0 Å². The largest absolute Gasteiger partial charge is 0.462 e. The molecule has 1 unspecified atom stereocenters. The molecule has 0 aromatic heterocycles. The number of fused-ring (bicyclic) bond motifs is 1. The molecule has 9 heteroatoms. The fraction of sp³-hybridized carbons (Fsp3) is 0.455. The highest BCUT2D eigenvalue weighted by molar-refractivity contribution is 7.57. The molecule has 170 valence electrons. The average molecular weight is 450 g/mol. The molecule has 0 aliphatic carbocycles. The minimum atomic E-state index is -3.55. The van der Waals surface area contributed by atoms with Crippen LogP contribution in [0.15, 0.2) is 36.4 Å². The summed E-state index contributed by atoms with van der Waals surface area (Å²) in [7, 11) is -2.14. The van der Waals surface area contributed by atoms with Crippen molar-refractivity contribution in [3.8, 4) is 5.75 Å². The number of methoxy groups -OCH3 is 1. The van der Waals surface area contributed by atoms with Gasteiger partial charge in [-0.05, 0) is 55.7 Å². The van der Waals surface area contributed by atoms with Gasteiger partial charge in [-0.25, -0.2) is 5.09 Å². The van der Waals surface area contributed by atoms with Crippen molar-refractivity contribution in [1.82, 2.24) is 10.4 Å². The summed E-state index contributed by atoms with van der Waals surface area (Å²) in [5.74, 6) is -0.216. The van der Waals surface area contributed by atoms with Crippen LogP contribution in [0.1, 0.15) is 33.3 Å². The third-order valence-corrected chi connectivity index (χ3v) is 6.24. The molecule has 2 aromatic rings. The van der Waals surface area contributed by atoms with Crippen molar-refractivity contribution in [2.24, 2.45) is 0 Å². The molecule has 2 atom stereocenters. The first-order chi connectivity index (χ1) is 14.6. The Kier molecular flexibility index (Phi) is 9.04. The van der Waals surface area contributed by atoms with Crippen molar-refractivity contribution < 1.29 is 28.2 Å². The number of esters is 1. The summed E-state index contributed by atoms with van der Waals surface area (Å²) in [4.78, 5) is 23.3. The minimum absolute atomic E-state index is 0.0825. The van der Waals surface area contributed by atoms with E-state index in [1.807, 2.05) is 24.3 Å². The molecule has 0 aliphatic heterocycles. The molecule has 0 bridgehead atoms. The number of carbonyl (C=O) groups excluding carboxylic acids is 2. The van der Waals surface area contributed by atoms with Crippen LogP contribution in [0.3, 0.4) is 0 Å². The van der Waals surface area contributed by atoms with Crippen LogP contribution in [0.5, 0.6) is 5.75 Å². The van der Waals surface area contributed by atoms with Crippen molar-refractivity contribution in [2.75, 3.05) is 20.0 Å². The Morgan fingerprint density at radius 2 is 1.87 bits per heavy atom. The summed E-state index contributed by atoms with van der Waals surface area (Å²) in [6, 6.07) is 10.5. The van der Waals surface area contributed by atoms with Gasteiger partial charge < -0.3 is 19.3 Å². The lowest BCUT2D eigenvalue weighted by molar-refractivity contribution is -0.149. The van der Waals surface area contributed by atoms with E-state index in [0.717, 1.165) is 16.3 Å². The summed E-state index contributed by atoms with van der Waals surface area (Å²) in [6.07, 6.45) is 0.150. The number of nitrogens with one attached hydrogen (secondary N) is 2. The second-order valence-electron chi connectivity index (χ2n) is 7.55. The number of rotatable bonds is 11. The summed E-state index contributed by atoms with van der Waals surface area (Å²) in [5, 5.41) is 7.46. The number of hydrogen-bond acceptors (Lipinski definition) is 6. The molecule has 8 nitrogen and oxygen atoms in total. The van der Waals surface area contributed by atoms with E-state index in [2.05, 4.69) is 10.4 Å². The predicted molar refractivity (Wildman–Crippen MR) is 120 cm³/mol. The van der Waals surface area contributed by atoms with Gasteiger partial charge in [-0.2, -0.15) is 0 Å². The van der Waals surface area contributed by atoms with Crippen LogP contribution in [0.2, 0.25) is 0 Å². The van der Waals surface area contributed by atoms with E-state index in [0.29, 0.717) is 18.7 Å². The molecule has 0 heterocycles. The molecule has 0 radical (unpaired) electrons. The van der Waals surface area contributed by atoms with E-state index >= 15 is 0 Å². The van der Waals surface area contributed by atoms with Crippen molar-refractivity contribution in [2.45, 2.75) is 46.3 Å². The second-order valence-corrected chi connectivity index (χ2v) is 9.60. The third kappa shape index (κ3) is 7.65. The zero-order valence-corrected chi connectivity index (χ0v) is 19.5. The highest BCUT2D eigenvalue weighted by Gasteiger charge is 2.31. The highest BCUT2D eigenvalue weighted by Crippen LogP contribution is 2.44. The fourth-order valence-corrected chi connectivity index (χ4v) is 4.75. The molecule has 31 heavy (non-hydrogen) atoms. The molecular formula is C22H31N2O6P. The molecule has 0 aliphatic rings. The van der Waals surface area contributed by atoms with E-state index in [1.165, 1.54) is 14.0 Å². The Hall–Kier alpha value is -2.41. The van der Waals surface area contributed by atoms with Gasteiger partial charge in [-0.3, -0.25) is 14.2 Å². The third-order valence-electron chi connectivity index (χ3n) is 4.36. The van der Waals surface area contributed by atoms with Gasteiger partial charge in [0.05, 0.1) is 6.10 Å². The van der Waals surface area contributed by atoms with Crippen LogP contribution in [0, 0.1) is 0 Å². The van der Waals surface area contributed by atoms with E-state index in [4.69, 9.17) is 14.0 Å².